The molecule has 2 aromatic rings. The van der Waals surface area contributed by atoms with Gasteiger partial charge in [-0.3, -0.25) is 4.79 Å². The van der Waals surface area contributed by atoms with E-state index in [1.807, 2.05) is 42.5 Å². The van der Waals surface area contributed by atoms with Crippen molar-refractivity contribution in [3.8, 4) is 5.75 Å². The van der Waals surface area contributed by atoms with E-state index in [2.05, 4.69) is 23.6 Å². The van der Waals surface area contributed by atoms with Crippen LogP contribution >= 0.6 is 0 Å². The molecule has 24 heavy (non-hydrogen) atoms. The molecule has 1 amide bonds. The molecule has 0 spiro atoms. The summed E-state index contributed by atoms with van der Waals surface area (Å²) in [6, 6.07) is 15.8. The van der Waals surface area contributed by atoms with Crippen LogP contribution in [0.2, 0.25) is 0 Å². The largest absolute Gasteiger partial charge is 0.493 e. The van der Waals surface area contributed by atoms with Gasteiger partial charge >= 0.3 is 0 Å². The summed E-state index contributed by atoms with van der Waals surface area (Å²) >= 11 is 0. The lowest BCUT2D eigenvalue weighted by atomic mass is 10.1. The first-order valence-corrected chi connectivity index (χ1v) is 8.47. The lowest BCUT2D eigenvalue weighted by molar-refractivity contribution is 0.0963. The fourth-order valence-corrected chi connectivity index (χ4v) is 2.38. The summed E-state index contributed by atoms with van der Waals surface area (Å²) in [6.45, 7) is 4.41. The Morgan fingerprint density at radius 3 is 2.50 bits per heavy atom. The van der Waals surface area contributed by atoms with E-state index in [1.54, 1.807) is 7.05 Å². The second-order valence-corrected chi connectivity index (χ2v) is 5.69. The van der Waals surface area contributed by atoms with Crippen LogP contribution in [-0.2, 0) is 13.1 Å². The maximum absolute atomic E-state index is 11.5. The molecule has 0 saturated heterocycles. The van der Waals surface area contributed by atoms with E-state index >= 15 is 0 Å². The van der Waals surface area contributed by atoms with Crippen LogP contribution in [0.3, 0.4) is 0 Å². The molecule has 0 aromatic heterocycles. The molecule has 0 saturated carbocycles. The van der Waals surface area contributed by atoms with Crippen molar-refractivity contribution in [2.24, 2.45) is 0 Å². The number of carbonyl (C=O) groups is 1. The molecular formula is C20H26N2O2. The van der Waals surface area contributed by atoms with Crippen LogP contribution in [0.5, 0.6) is 5.75 Å². The van der Waals surface area contributed by atoms with Crippen LogP contribution in [0.4, 0.5) is 0 Å². The minimum atomic E-state index is -0.0623. The van der Waals surface area contributed by atoms with Gasteiger partial charge in [0, 0.05) is 31.3 Å². The second kappa shape index (κ2) is 9.73. The highest BCUT2D eigenvalue weighted by atomic mass is 16.5. The molecule has 4 nitrogen and oxygen atoms in total. The summed E-state index contributed by atoms with van der Waals surface area (Å²) in [5.41, 5.74) is 2.98. The number of hydrogen-bond donors (Lipinski definition) is 2. The molecule has 0 aliphatic rings. The zero-order chi connectivity index (χ0) is 17.2. The van der Waals surface area contributed by atoms with Gasteiger partial charge in [0.25, 0.3) is 5.91 Å². The summed E-state index contributed by atoms with van der Waals surface area (Å²) in [6.07, 6.45) is 2.20. The Labute approximate surface area is 144 Å². The molecule has 0 aliphatic heterocycles. The lowest BCUT2D eigenvalue weighted by Crippen LogP contribution is -2.18. The molecule has 0 radical (unpaired) electrons. The van der Waals surface area contributed by atoms with Crippen LogP contribution in [-0.4, -0.2) is 19.6 Å². The molecule has 0 fully saturated rings. The van der Waals surface area contributed by atoms with E-state index in [9.17, 15) is 4.79 Å². The Bertz CT molecular complexity index is 638. The molecule has 0 aliphatic carbocycles. The first-order chi connectivity index (χ1) is 11.7. The quantitative estimate of drug-likeness (QED) is 0.693. The van der Waals surface area contributed by atoms with Crippen molar-refractivity contribution in [3.63, 3.8) is 0 Å². The van der Waals surface area contributed by atoms with Crippen molar-refractivity contribution in [2.75, 3.05) is 13.7 Å². The molecular weight excluding hydrogens is 300 g/mol. The van der Waals surface area contributed by atoms with E-state index in [0.29, 0.717) is 5.56 Å². The standard InChI is InChI=1S/C20H26N2O2/c1-3-4-13-24-19-8-6-5-7-18(19)15-22-14-16-9-11-17(12-10-16)20(23)21-2/h5-12,22H,3-4,13-15H2,1-2H3,(H,21,23). The summed E-state index contributed by atoms with van der Waals surface area (Å²) in [5, 5.41) is 6.05. The van der Waals surface area contributed by atoms with E-state index in [0.717, 1.165) is 49.4 Å². The third kappa shape index (κ3) is 5.39. The Kier molecular flexibility index (Phi) is 7.30. The van der Waals surface area contributed by atoms with Crippen LogP contribution < -0.4 is 15.4 Å². The summed E-state index contributed by atoms with van der Waals surface area (Å²) in [4.78, 5) is 11.5. The van der Waals surface area contributed by atoms with Crippen molar-refractivity contribution in [1.82, 2.24) is 10.6 Å². The third-order valence-electron chi connectivity index (χ3n) is 3.82. The molecule has 128 valence electrons. The summed E-state index contributed by atoms with van der Waals surface area (Å²) in [5.74, 6) is 0.890. The maximum atomic E-state index is 11.5. The minimum absolute atomic E-state index is 0.0623. The van der Waals surface area contributed by atoms with Crippen molar-refractivity contribution < 1.29 is 9.53 Å². The number of amides is 1. The Balaban J connectivity index is 1.86. The molecule has 2 rings (SSSR count). The van der Waals surface area contributed by atoms with Gasteiger partial charge in [-0.2, -0.15) is 0 Å². The van der Waals surface area contributed by atoms with Crippen LogP contribution in [0, 0.1) is 0 Å². The second-order valence-electron chi connectivity index (χ2n) is 5.69. The highest BCUT2D eigenvalue weighted by Crippen LogP contribution is 2.18. The maximum Gasteiger partial charge on any atom is 0.251 e. The third-order valence-corrected chi connectivity index (χ3v) is 3.82. The van der Waals surface area contributed by atoms with E-state index in [-0.39, 0.29) is 5.91 Å². The van der Waals surface area contributed by atoms with Crippen LogP contribution in [0.25, 0.3) is 0 Å². The topological polar surface area (TPSA) is 50.4 Å². The number of hydrogen-bond acceptors (Lipinski definition) is 3. The van der Waals surface area contributed by atoms with E-state index in [4.69, 9.17) is 4.74 Å². The highest BCUT2D eigenvalue weighted by Gasteiger charge is 2.04. The first kappa shape index (κ1) is 18.0. The summed E-state index contributed by atoms with van der Waals surface area (Å²) < 4.78 is 5.85. The molecule has 2 N–H and O–H groups in total. The fraction of sp³-hybridized carbons (Fsp3) is 0.350. The van der Waals surface area contributed by atoms with Gasteiger partial charge in [0.05, 0.1) is 6.61 Å². The Morgan fingerprint density at radius 2 is 1.79 bits per heavy atom. The van der Waals surface area contributed by atoms with Gasteiger partial charge in [0.1, 0.15) is 5.75 Å². The van der Waals surface area contributed by atoms with Gasteiger partial charge < -0.3 is 15.4 Å². The van der Waals surface area contributed by atoms with Crippen LogP contribution in [0.15, 0.2) is 48.5 Å². The van der Waals surface area contributed by atoms with Crippen LogP contribution in [0.1, 0.15) is 41.3 Å². The molecule has 0 bridgehead atoms. The molecule has 2 aromatic carbocycles. The van der Waals surface area contributed by atoms with Crippen molar-refractivity contribution in [3.05, 3.63) is 65.2 Å². The number of rotatable bonds is 9. The minimum Gasteiger partial charge on any atom is -0.493 e. The number of nitrogens with one attached hydrogen (secondary N) is 2. The fourth-order valence-electron chi connectivity index (χ4n) is 2.38. The SMILES string of the molecule is CCCCOc1ccccc1CNCc1ccc(C(=O)NC)cc1. The number of benzene rings is 2. The predicted octanol–water partition coefficient (Wildman–Crippen LogP) is 3.51. The molecule has 4 heteroatoms. The molecule has 0 unspecified atom stereocenters. The van der Waals surface area contributed by atoms with Crippen molar-refractivity contribution in [2.45, 2.75) is 32.9 Å². The van der Waals surface area contributed by atoms with E-state index in [1.165, 1.54) is 0 Å². The van der Waals surface area contributed by atoms with Gasteiger partial charge in [0.2, 0.25) is 0 Å². The van der Waals surface area contributed by atoms with Gasteiger partial charge in [-0.05, 0) is 30.2 Å². The van der Waals surface area contributed by atoms with Crippen molar-refractivity contribution >= 4 is 5.91 Å². The highest BCUT2D eigenvalue weighted by molar-refractivity contribution is 5.93. The Morgan fingerprint density at radius 1 is 1.04 bits per heavy atom. The van der Waals surface area contributed by atoms with Crippen molar-refractivity contribution in [1.29, 1.82) is 0 Å². The first-order valence-electron chi connectivity index (χ1n) is 8.47. The van der Waals surface area contributed by atoms with E-state index < -0.39 is 0 Å². The van der Waals surface area contributed by atoms with Gasteiger partial charge in [-0.1, -0.05) is 43.7 Å². The average molecular weight is 326 g/mol. The van der Waals surface area contributed by atoms with Gasteiger partial charge in [-0.15, -0.1) is 0 Å². The number of carbonyl (C=O) groups excluding carboxylic acids is 1. The molecule has 0 heterocycles. The monoisotopic (exact) mass is 326 g/mol. The van der Waals surface area contributed by atoms with Gasteiger partial charge in [0.15, 0.2) is 0 Å². The number of ether oxygens (including phenoxy) is 1. The summed E-state index contributed by atoms with van der Waals surface area (Å²) in [7, 11) is 1.64. The number of unbranched alkanes of at least 4 members (excludes halogenated alkanes) is 1. The predicted molar refractivity (Wildman–Crippen MR) is 97.2 cm³/mol. The average Bonchev–Trinajstić information content (AvgIpc) is 2.63. The molecule has 0 atom stereocenters. The normalized spacial score (nSPS) is 10.4. The smallest absolute Gasteiger partial charge is 0.251 e. The zero-order valence-electron chi connectivity index (χ0n) is 14.5. The zero-order valence-corrected chi connectivity index (χ0v) is 14.5. The number of para-hydroxylation sites is 1. The van der Waals surface area contributed by atoms with Gasteiger partial charge in [-0.25, -0.2) is 0 Å². The Hall–Kier alpha value is -2.33. The lowest BCUT2D eigenvalue weighted by Gasteiger charge is -2.12.